The Labute approximate surface area is 166 Å². The number of benzene rings is 2. The first-order valence-corrected chi connectivity index (χ1v) is 10.0. The van der Waals surface area contributed by atoms with Gasteiger partial charge in [-0.15, -0.1) is 10.2 Å². The lowest BCUT2D eigenvalue weighted by molar-refractivity contribution is -0.158. The maximum Gasteiger partial charge on any atom is 0.394 e. The Morgan fingerprint density at radius 1 is 1.17 bits per heavy atom. The molecule has 0 bridgehead atoms. The molecule has 0 aliphatic rings. The van der Waals surface area contributed by atoms with Gasteiger partial charge in [0.05, 0.1) is 11.9 Å². The summed E-state index contributed by atoms with van der Waals surface area (Å²) in [6, 6.07) is 10.9. The second-order valence-corrected chi connectivity index (χ2v) is 8.25. The summed E-state index contributed by atoms with van der Waals surface area (Å²) < 4.78 is 57.1. The van der Waals surface area contributed by atoms with E-state index in [4.69, 9.17) is 0 Å². The summed E-state index contributed by atoms with van der Waals surface area (Å²) in [6.07, 6.45) is -2.86. The number of rotatable bonds is 7. The number of aromatic nitrogens is 4. The molecule has 11 heteroatoms. The average molecular weight is 423 g/mol. The fourth-order valence-electron chi connectivity index (χ4n) is 2.70. The summed E-state index contributed by atoms with van der Waals surface area (Å²) >= 11 is 0. The van der Waals surface area contributed by atoms with Crippen LogP contribution in [0.4, 0.5) is 8.78 Å². The standard InChI is InChI=1S/C18H19F2N5O3S/c1-18(19,20)28-14-7-4-12(5-8-14)10-13-6-9-15(29(26,27)21-2)11-16(13)17-22-24-25(3)23-17/h4-9,11,21H,10H2,1-3H3. The maximum atomic E-state index is 13.0. The lowest BCUT2D eigenvalue weighted by Gasteiger charge is -2.14. The zero-order valence-electron chi connectivity index (χ0n) is 15.9. The van der Waals surface area contributed by atoms with Crippen LogP contribution in [0.1, 0.15) is 18.1 Å². The van der Waals surface area contributed by atoms with Crippen LogP contribution in [0.5, 0.6) is 5.75 Å². The number of aryl methyl sites for hydroxylation is 1. The Morgan fingerprint density at radius 3 is 2.41 bits per heavy atom. The van der Waals surface area contributed by atoms with Gasteiger partial charge in [0, 0.05) is 12.5 Å². The Balaban J connectivity index is 1.96. The third-order valence-electron chi connectivity index (χ3n) is 4.02. The van der Waals surface area contributed by atoms with Gasteiger partial charge < -0.3 is 4.74 Å². The molecule has 0 radical (unpaired) electrons. The summed E-state index contributed by atoms with van der Waals surface area (Å²) in [4.78, 5) is 1.34. The summed E-state index contributed by atoms with van der Waals surface area (Å²) in [5.41, 5.74) is 2.07. The van der Waals surface area contributed by atoms with Gasteiger partial charge in [0.1, 0.15) is 5.75 Å². The van der Waals surface area contributed by atoms with Crippen LogP contribution in [0.3, 0.4) is 0 Å². The topological polar surface area (TPSA) is 99.0 Å². The predicted molar refractivity (Wildman–Crippen MR) is 101 cm³/mol. The second kappa shape index (κ2) is 7.84. The first kappa shape index (κ1) is 20.8. The van der Waals surface area contributed by atoms with E-state index < -0.39 is 16.1 Å². The van der Waals surface area contributed by atoms with Crippen LogP contribution >= 0.6 is 0 Å². The zero-order valence-corrected chi connectivity index (χ0v) is 16.7. The minimum Gasteiger partial charge on any atom is -0.433 e. The molecule has 0 aliphatic carbocycles. The number of alkyl halides is 2. The van der Waals surface area contributed by atoms with E-state index in [2.05, 4.69) is 24.9 Å². The maximum absolute atomic E-state index is 13.0. The van der Waals surface area contributed by atoms with Crippen molar-refractivity contribution in [3.63, 3.8) is 0 Å². The monoisotopic (exact) mass is 423 g/mol. The van der Waals surface area contributed by atoms with Crippen molar-refractivity contribution < 1.29 is 21.9 Å². The third-order valence-corrected chi connectivity index (χ3v) is 5.44. The highest BCUT2D eigenvalue weighted by atomic mass is 32.2. The van der Waals surface area contributed by atoms with Gasteiger partial charge >= 0.3 is 6.11 Å². The summed E-state index contributed by atoms with van der Waals surface area (Å²) in [5.74, 6) is 0.328. The average Bonchev–Trinajstić information content (AvgIpc) is 3.08. The molecule has 1 N–H and O–H groups in total. The number of hydrogen-bond acceptors (Lipinski definition) is 6. The van der Waals surface area contributed by atoms with Crippen molar-refractivity contribution in [1.29, 1.82) is 0 Å². The van der Waals surface area contributed by atoms with Gasteiger partial charge in [-0.05, 0) is 54.1 Å². The van der Waals surface area contributed by atoms with Gasteiger partial charge in [-0.3, -0.25) is 0 Å². The molecule has 0 saturated carbocycles. The van der Waals surface area contributed by atoms with Crippen molar-refractivity contribution in [3.8, 4) is 17.1 Å². The van der Waals surface area contributed by atoms with E-state index in [9.17, 15) is 17.2 Å². The van der Waals surface area contributed by atoms with Gasteiger partial charge in [0.15, 0.2) is 0 Å². The second-order valence-electron chi connectivity index (χ2n) is 6.36. The third kappa shape index (κ3) is 5.12. The Kier molecular flexibility index (Phi) is 5.62. The lowest BCUT2D eigenvalue weighted by atomic mass is 9.99. The number of sulfonamides is 1. The molecular formula is C18H19F2N5O3S. The molecule has 0 saturated heterocycles. The number of halogens is 2. The molecule has 3 aromatic rings. The predicted octanol–water partition coefficient (Wildman–Crippen LogP) is 2.37. The molecule has 29 heavy (non-hydrogen) atoms. The van der Waals surface area contributed by atoms with Gasteiger partial charge in [-0.1, -0.05) is 18.2 Å². The highest BCUT2D eigenvalue weighted by molar-refractivity contribution is 7.89. The van der Waals surface area contributed by atoms with Crippen LogP contribution in [-0.2, 0) is 23.5 Å². The quantitative estimate of drug-likeness (QED) is 0.626. The van der Waals surface area contributed by atoms with Crippen molar-refractivity contribution in [2.24, 2.45) is 7.05 Å². The van der Waals surface area contributed by atoms with Gasteiger partial charge in [0.2, 0.25) is 15.8 Å². The van der Waals surface area contributed by atoms with Crippen molar-refractivity contribution in [2.45, 2.75) is 24.3 Å². The minimum atomic E-state index is -3.65. The van der Waals surface area contributed by atoms with E-state index >= 15 is 0 Å². The van der Waals surface area contributed by atoms with E-state index in [1.165, 1.54) is 36.1 Å². The van der Waals surface area contributed by atoms with Crippen molar-refractivity contribution in [1.82, 2.24) is 24.9 Å². The van der Waals surface area contributed by atoms with Gasteiger partial charge in [-0.25, -0.2) is 13.1 Å². The van der Waals surface area contributed by atoms with Crippen LogP contribution < -0.4 is 9.46 Å². The number of ether oxygens (including phenoxy) is 1. The minimum absolute atomic E-state index is 0.0486. The highest BCUT2D eigenvalue weighted by Gasteiger charge is 2.23. The Morgan fingerprint density at radius 2 is 1.86 bits per heavy atom. The lowest BCUT2D eigenvalue weighted by Crippen LogP contribution is -2.19. The first-order chi connectivity index (χ1) is 13.6. The highest BCUT2D eigenvalue weighted by Crippen LogP contribution is 2.27. The van der Waals surface area contributed by atoms with E-state index in [1.807, 2.05) is 0 Å². The molecule has 0 aliphatic heterocycles. The SMILES string of the molecule is CNS(=O)(=O)c1ccc(Cc2ccc(OC(C)(F)F)cc2)c(-c2nnn(C)n2)c1. The van der Waals surface area contributed by atoms with E-state index in [0.717, 1.165) is 11.1 Å². The molecule has 0 atom stereocenters. The van der Waals surface area contributed by atoms with Gasteiger partial charge in [0.25, 0.3) is 0 Å². The molecule has 2 aromatic carbocycles. The van der Waals surface area contributed by atoms with Crippen molar-refractivity contribution >= 4 is 10.0 Å². The fourth-order valence-corrected chi connectivity index (χ4v) is 3.45. The molecule has 1 aromatic heterocycles. The molecular weight excluding hydrogens is 404 g/mol. The number of nitrogens with one attached hydrogen (secondary N) is 1. The van der Waals surface area contributed by atoms with Crippen LogP contribution in [0, 0.1) is 0 Å². The van der Waals surface area contributed by atoms with Crippen LogP contribution in [0.25, 0.3) is 11.4 Å². The normalized spacial score (nSPS) is 12.2. The molecule has 0 spiro atoms. The van der Waals surface area contributed by atoms with Crippen LogP contribution in [-0.4, -0.2) is 41.8 Å². The largest absolute Gasteiger partial charge is 0.433 e. The summed E-state index contributed by atoms with van der Waals surface area (Å²) in [5, 5.41) is 11.9. The van der Waals surface area contributed by atoms with E-state index in [-0.39, 0.29) is 16.5 Å². The summed E-state index contributed by atoms with van der Waals surface area (Å²) in [6.45, 7) is 0.668. The Hall–Kier alpha value is -2.92. The zero-order chi connectivity index (χ0) is 21.2. The molecule has 0 fully saturated rings. The first-order valence-electron chi connectivity index (χ1n) is 8.54. The molecule has 8 nitrogen and oxygen atoms in total. The smallest absolute Gasteiger partial charge is 0.394 e. The molecule has 1 heterocycles. The van der Waals surface area contributed by atoms with Crippen LogP contribution in [0.15, 0.2) is 47.4 Å². The number of tetrazole rings is 1. The Bertz CT molecular complexity index is 1110. The molecule has 154 valence electrons. The van der Waals surface area contributed by atoms with E-state index in [0.29, 0.717) is 18.9 Å². The van der Waals surface area contributed by atoms with Crippen molar-refractivity contribution in [3.05, 3.63) is 53.6 Å². The number of nitrogens with zero attached hydrogens (tertiary/aromatic N) is 4. The summed E-state index contributed by atoms with van der Waals surface area (Å²) in [7, 11) is -0.725. The van der Waals surface area contributed by atoms with E-state index in [1.54, 1.807) is 25.2 Å². The molecule has 3 rings (SSSR count). The fraction of sp³-hybridized carbons (Fsp3) is 0.278. The van der Waals surface area contributed by atoms with Crippen LogP contribution in [0.2, 0.25) is 0 Å². The molecule has 0 unspecified atom stereocenters. The number of hydrogen-bond donors (Lipinski definition) is 1. The molecule has 0 amide bonds. The van der Waals surface area contributed by atoms with Gasteiger partial charge in [-0.2, -0.15) is 13.6 Å². The van der Waals surface area contributed by atoms with Crippen molar-refractivity contribution in [2.75, 3.05) is 7.05 Å².